The first-order valence-electron chi connectivity index (χ1n) is 15.1. The average Bonchev–Trinajstić information content (AvgIpc) is 2.92. The van der Waals surface area contributed by atoms with Gasteiger partial charge >= 0.3 is 12.1 Å². The topological polar surface area (TPSA) is 97.0 Å². The maximum Gasteiger partial charge on any atom is 0.408 e. The number of carbonyl (C=O) groups is 3. The number of amides is 2. The van der Waals surface area contributed by atoms with E-state index in [9.17, 15) is 18.8 Å². The highest BCUT2D eigenvalue weighted by Crippen LogP contribution is 2.17. The lowest BCUT2D eigenvalue weighted by atomic mass is 10.0. The van der Waals surface area contributed by atoms with Gasteiger partial charge < -0.3 is 25.0 Å². The molecule has 2 aromatic rings. The van der Waals surface area contributed by atoms with Crippen molar-refractivity contribution in [3.8, 4) is 0 Å². The quantitative estimate of drug-likeness (QED) is 0.237. The minimum absolute atomic E-state index is 0.0508. The van der Waals surface area contributed by atoms with Gasteiger partial charge in [-0.1, -0.05) is 24.3 Å². The minimum atomic E-state index is -3.37. The Bertz CT molecular complexity index is 1270. The van der Waals surface area contributed by atoms with E-state index >= 15 is 0 Å². The number of esters is 1. The first-order chi connectivity index (χ1) is 20.8. The number of nitrogens with one attached hydrogen (secondary N) is 2. The van der Waals surface area contributed by atoms with Crippen molar-refractivity contribution in [3.63, 3.8) is 0 Å². The number of nitrogens with zero attached hydrogens (tertiary/aromatic N) is 1. The molecule has 0 saturated carbocycles. The molecule has 0 aliphatic carbocycles. The fourth-order valence-electron chi connectivity index (χ4n) is 3.75. The molecule has 2 aromatic carbocycles. The van der Waals surface area contributed by atoms with E-state index in [2.05, 4.69) is 15.4 Å². The molecule has 0 saturated heterocycles. The Kier molecular flexibility index (Phi) is 10.5. The summed E-state index contributed by atoms with van der Waals surface area (Å²) in [7, 11) is 0. The van der Waals surface area contributed by atoms with Crippen LogP contribution in [-0.4, -0.2) is 67.1 Å². The zero-order valence-electron chi connectivity index (χ0n) is 27.6. The fourth-order valence-corrected chi connectivity index (χ4v) is 4.16. The van der Waals surface area contributed by atoms with E-state index in [0.29, 0.717) is 36.0 Å². The molecule has 0 aromatic heterocycles. The predicted molar refractivity (Wildman–Crippen MR) is 156 cm³/mol. The Labute approximate surface area is 252 Å². The first kappa shape index (κ1) is 25.9. The predicted octanol–water partition coefficient (Wildman–Crippen LogP) is 4.84. The standard InChI is InChI=1S/C29H38Cl2FN3O5/c1-5-39-27(37)25(19-20-6-10-22(32)11-7-20)33-26(36)24(34-28(38)40-29(2,3)4)18-21-8-12-23(13-9-21)35(16-14-30)17-15-31/h6-13,24-25H,5,14-19H2,1-4H3,(H,33,36)(H,34,38)/t24-,25-/m0/s1/i1D3,5D2. The summed E-state index contributed by atoms with van der Waals surface area (Å²) in [5, 5.41) is 4.94. The number of ether oxygens (including phenoxy) is 2. The van der Waals surface area contributed by atoms with Crippen molar-refractivity contribution in [1.29, 1.82) is 0 Å². The molecule has 0 aliphatic rings. The molecule has 0 heterocycles. The van der Waals surface area contributed by atoms with Gasteiger partial charge in [0, 0.05) is 47.5 Å². The molecule has 2 N–H and O–H groups in total. The highest BCUT2D eigenvalue weighted by atomic mass is 35.5. The molecule has 2 amide bonds. The number of hydrogen-bond donors (Lipinski definition) is 2. The highest BCUT2D eigenvalue weighted by molar-refractivity contribution is 6.18. The van der Waals surface area contributed by atoms with E-state index in [1.54, 1.807) is 32.9 Å². The van der Waals surface area contributed by atoms with E-state index in [0.717, 1.165) is 17.8 Å². The average molecular weight is 604 g/mol. The number of carbonyl (C=O) groups excluding carboxylic acids is 3. The molecule has 0 aliphatic heterocycles. The normalized spacial score (nSPS) is 15.2. The molecule has 8 nitrogen and oxygen atoms in total. The Morgan fingerprint density at radius 2 is 1.50 bits per heavy atom. The summed E-state index contributed by atoms with van der Waals surface area (Å²) in [6.07, 6.45) is -1.26. The third-order valence-electron chi connectivity index (χ3n) is 5.56. The highest BCUT2D eigenvalue weighted by Gasteiger charge is 2.29. The molecule has 11 heteroatoms. The molecule has 40 heavy (non-hydrogen) atoms. The fraction of sp³-hybridized carbons (Fsp3) is 0.483. The number of alkyl halides is 2. The summed E-state index contributed by atoms with van der Waals surface area (Å²) in [6, 6.07) is 9.14. The molecule has 0 fully saturated rings. The largest absolute Gasteiger partial charge is 0.464 e. The van der Waals surface area contributed by atoms with Crippen LogP contribution < -0.4 is 15.5 Å². The molecule has 0 spiro atoms. The van der Waals surface area contributed by atoms with Gasteiger partial charge in [-0.25, -0.2) is 14.0 Å². The number of hydrogen-bond acceptors (Lipinski definition) is 6. The van der Waals surface area contributed by atoms with Gasteiger partial charge in [0.15, 0.2) is 0 Å². The zero-order chi connectivity index (χ0) is 34.0. The lowest BCUT2D eigenvalue weighted by Gasteiger charge is -2.26. The molecule has 220 valence electrons. The van der Waals surface area contributed by atoms with Crippen molar-refractivity contribution in [2.24, 2.45) is 0 Å². The Morgan fingerprint density at radius 3 is 2.02 bits per heavy atom. The van der Waals surface area contributed by atoms with Crippen LogP contribution in [0.1, 0.15) is 45.6 Å². The Morgan fingerprint density at radius 1 is 0.950 bits per heavy atom. The van der Waals surface area contributed by atoms with E-state index in [-0.39, 0.29) is 12.8 Å². The zero-order valence-corrected chi connectivity index (χ0v) is 24.2. The van der Waals surface area contributed by atoms with E-state index < -0.39 is 54.9 Å². The van der Waals surface area contributed by atoms with Crippen LogP contribution in [0.5, 0.6) is 0 Å². The van der Waals surface area contributed by atoms with Gasteiger partial charge in [0.05, 0.1) is 9.30 Å². The van der Waals surface area contributed by atoms with Crippen LogP contribution in [0.25, 0.3) is 0 Å². The van der Waals surface area contributed by atoms with Crippen LogP contribution >= 0.6 is 23.2 Å². The summed E-state index contributed by atoms with van der Waals surface area (Å²) in [6.45, 7) is -0.645. The van der Waals surface area contributed by atoms with Gasteiger partial charge in [-0.2, -0.15) is 0 Å². The molecule has 0 bridgehead atoms. The van der Waals surface area contributed by atoms with Gasteiger partial charge in [0.1, 0.15) is 23.5 Å². The summed E-state index contributed by atoms with van der Waals surface area (Å²) >= 11 is 11.8. The monoisotopic (exact) mass is 602 g/mol. The van der Waals surface area contributed by atoms with E-state index in [4.69, 9.17) is 34.8 Å². The smallest absolute Gasteiger partial charge is 0.408 e. The van der Waals surface area contributed by atoms with E-state index in [1.807, 2.05) is 17.0 Å². The van der Waals surface area contributed by atoms with Crippen LogP contribution in [0.2, 0.25) is 0 Å². The summed E-state index contributed by atoms with van der Waals surface area (Å²) in [4.78, 5) is 41.4. The second-order valence-electron chi connectivity index (χ2n) is 9.85. The molecule has 0 radical (unpaired) electrons. The number of alkyl carbamates (subject to hydrolysis) is 1. The second kappa shape index (κ2) is 16.3. The van der Waals surface area contributed by atoms with Crippen molar-refractivity contribution < 1.29 is 35.1 Å². The first-order valence-corrected chi connectivity index (χ1v) is 13.6. The third kappa shape index (κ3) is 11.6. The molecule has 2 atom stereocenters. The third-order valence-corrected chi connectivity index (χ3v) is 5.90. The maximum absolute atomic E-state index is 13.6. The van der Waals surface area contributed by atoms with Gasteiger partial charge in [-0.05, 0) is 63.0 Å². The van der Waals surface area contributed by atoms with Gasteiger partial charge in [-0.3, -0.25) is 4.79 Å². The molecular weight excluding hydrogens is 560 g/mol. The summed E-state index contributed by atoms with van der Waals surface area (Å²) < 4.78 is 61.0. The van der Waals surface area contributed by atoms with Crippen LogP contribution in [0, 0.1) is 5.82 Å². The lowest BCUT2D eigenvalue weighted by Crippen LogP contribution is -2.54. The van der Waals surface area contributed by atoms with Crippen LogP contribution in [0.4, 0.5) is 14.9 Å². The number of halogens is 3. The van der Waals surface area contributed by atoms with Crippen LogP contribution in [0.3, 0.4) is 0 Å². The molecule has 2 rings (SSSR count). The number of benzene rings is 2. The SMILES string of the molecule is [2H]C([2H])([2H])C([2H])([2H])OC(=O)[C@H](Cc1ccc(F)cc1)NC(=O)[C@H](Cc1ccc(N(CCCl)CCCl)cc1)NC(=O)OC(C)(C)C. The van der Waals surface area contributed by atoms with Crippen molar-refractivity contribution in [2.45, 2.75) is 58.1 Å². The van der Waals surface area contributed by atoms with Crippen molar-refractivity contribution in [1.82, 2.24) is 10.6 Å². The second-order valence-corrected chi connectivity index (χ2v) is 10.6. The van der Waals surface area contributed by atoms with Gasteiger partial charge in [0.2, 0.25) is 5.91 Å². The molecule has 0 unspecified atom stereocenters. The minimum Gasteiger partial charge on any atom is -0.464 e. The van der Waals surface area contributed by atoms with Gasteiger partial charge in [-0.15, -0.1) is 23.2 Å². The Balaban J connectivity index is 2.38. The summed E-state index contributed by atoms with van der Waals surface area (Å²) in [5.74, 6) is -2.03. The van der Waals surface area contributed by atoms with Gasteiger partial charge in [0.25, 0.3) is 0 Å². The summed E-state index contributed by atoms with van der Waals surface area (Å²) in [5.41, 5.74) is 0.935. The number of anilines is 1. The van der Waals surface area contributed by atoms with Crippen molar-refractivity contribution >= 4 is 46.9 Å². The molecular formula is C29H38Cl2FN3O5. The van der Waals surface area contributed by atoms with Crippen LogP contribution in [0.15, 0.2) is 48.5 Å². The lowest BCUT2D eigenvalue weighted by molar-refractivity contribution is -0.147. The van der Waals surface area contributed by atoms with Crippen molar-refractivity contribution in [3.05, 3.63) is 65.5 Å². The Hall–Kier alpha value is -3.04. The van der Waals surface area contributed by atoms with Crippen molar-refractivity contribution in [2.75, 3.05) is 36.3 Å². The van der Waals surface area contributed by atoms with E-state index in [1.165, 1.54) is 12.1 Å². The number of rotatable bonds is 14. The maximum atomic E-state index is 13.6. The van der Waals surface area contributed by atoms with Crippen LogP contribution in [-0.2, 0) is 31.9 Å².